The lowest BCUT2D eigenvalue weighted by atomic mass is 10.2. The monoisotopic (exact) mass is 342 g/mol. The number of nitrogens with zero attached hydrogens (tertiary/aromatic N) is 1. The van der Waals surface area contributed by atoms with Crippen molar-refractivity contribution in [2.24, 2.45) is 0 Å². The van der Waals surface area contributed by atoms with Crippen LogP contribution in [0.3, 0.4) is 0 Å². The molecule has 0 bridgehead atoms. The fraction of sp³-hybridized carbons (Fsp3) is 0.0833. The van der Waals surface area contributed by atoms with Gasteiger partial charge in [0.15, 0.2) is 0 Å². The highest BCUT2D eigenvalue weighted by Crippen LogP contribution is 2.22. The Morgan fingerprint density at radius 1 is 1.40 bits per heavy atom. The van der Waals surface area contributed by atoms with Crippen LogP contribution in [0.15, 0.2) is 32.4 Å². The average molecular weight is 343 g/mol. The molecule has 0 unspecified atom stereocenters. The molecule has 2 rings (SSSR count). The van der Waals surface area contributed by atoms with Gasteiger partial charge in [0.1, 0.15) is 11.4 Å². The van der Waals surface area contributed by atoms with Gasteiger partial charge in [-0.05, 0) is 40.5 Å². The van der Waals surface area contributed by atoms with Crippen LogP contribution in [-0.4, -0.2) is 20.6 Å². The molecular formula is C12H8BrFN2O4. The minimum absolute atomic E-state index is 0.148. The molecule has 6 nitrogen and oxygen atoms in total. The molecule has 0 aliphatic carbocycles. The van der Waals surface area contributed by atoms with Crippen molar-refractivity contribution in [2.75, 3.05) is 0 Å². The molecule has 1 aromatic heterocycles. The van der Waals surface area contributed by atoms with Gasteiger partial charge in [0, 0.05) is 6.20 Å². The van der Waals surface area contributed by atoms with Gasteiger partial charge in [0.2, 0.25) is 0 Å². The van der Waals surface area contributed by atoms with Crippen LogP contribution in [0.25, 0.3) is 5.69 Å². The molecular weight excluding hydrogens is 335 g/mol. The highest BCUT2D eigenvalue weighted by Gasteiger charge is 2.14. The van der Waals surface area contributed by atoms with Crippen LogP contribution in [0.5, 0.6) is 0 Å². The lowest BCUT2D eigenvalue weighted by molar-refractivity contribution is 0.0694. The zero-order chi connectivity index (χ0) is 15.0. The van der Waals surface area contributed by atoms with E-state index in [4.69, 9.17) is 5.11 Å². The van der Waals surface area contributed by atoms with Crippen LogP contribution in [0.1, 0.15) is 15.9 Å². The number of halogens is 2. The first-order valence-electron chi connectivity index (χ1n) is 5.36. The smallest absolute Gasteiger partial charge is 0.342 e. The van der Waals surface area contributed by atoms with E-state index in [1.54, 1.807) is 6.92 Å². The molecule has 0 saturated heterocycles. The summed E-state index contributed by atoms with van der Waals surface area (Å²) >= 11 is 3.01. The second-order valence-corrected chi connectivity index (χ2v) is 4.88. The highest BCUT2D eigenvalue weighted by atomic mass is 79.9. The zero-order valence-corrected chi connectivity index (χ0v) is 11.7. The van der Waals surface area contributed by atoms with Crippen molar-refractivity contribution in [2.45, 2.75) is 6.92 Å². The first-order valence-corrected chi connectivity index (χ1v) is 6.16. The summed E-state index contributed by atoms with van der Waals surface area (Å²) in [5.74, 6) is -2.09. The van der Waals surface area contributed by atoms with E-state index in [9.17, 15) is 18.8 Å². The Morgan fingerprint density at radius 2 is 2.05 bits per heavy atom. The molecule has 1 heterocycles. The normalized spacial score (nSPS) is 10.6. The van der Waals surface area contributed by atoms with Gasteiger partial charge in [0.05, 0.1) is 10.2 Å². The molecule has 0 amide bonds. The lowest BCUT2D eigenvalue weighted by Crippen LogP contribution is -2.32. The number of carboxylic acids is 1. The van der Waals surface area contributed by atoms with E-state index in [1.807, 2.05) is 4.98 Å². The summed E-state index contributed by atoms with van der Waals surface area (Å²) in [7, 11) is 0. The Morgan fingerprint density at radius 3 is 2.65 bits per heavy atom. The number of hydrogen-bond acceptors (Lipinski definition) is 3. The number of carboxylic acid groups (broad SMARTS) is 1. The number of benzene rings is 1. The van der Waals surface area contributed by atoms with Crippen molar-refractivity contribution >= 4 is 21.9 Å². The standard InChI is InChI=1S/C12H8BrFN2O4/c1-5-2-7(13)8(14)3-9(5)16-4-6(11(18)19)10(17)15-12(16)20/h2-4H,1H3,(H,18,19)(H,15,17,20). The van der Waals surface area contributed by atoms with Crippen molar-refractivity contribution < 1.29 is 14.3 Å². The molecule has 104 valence electrons. The molecule has 2 aromatic rings. The number of hydrogen-bond donors (Lipinski definition) is 2. The van der Waals surface area contributed by atoms with Gasteiger partial charge < -0.3 is 5.11 Å². The molecule has 0 saturated carbocycles. The van der Waals surface area contributed by atoms with Gasteiger partial charge in [-0.25, -0.2) is 14.0 Å². The molecule has 0 aliphatic heterocycles. The van der Waals surface area contributed by atoms with E-state index in [1.165, 1.54) is 6.07 Å². The van der Waals surface area contributed by atoms with Crippen molar-refractivity contribution in [1.82, 2.24) is 9.55 Å². The molecule has 2 N–H and O–H groups in total. The average Bonchev–Trinajstić information content (AvgIpc) is 2.34. The molecule has 0 spiro atoms. The summed E-state index contributed by atoms with van der Waals surface area (Å²) in [6, 6.07) is 2.52. The SMILES string of the molecule is Cc1cc(Br)c(F)cc1-n1cc(C(=O)O)c(=O)[nH]c1=O. The van der Waals surface area contributed by atoms with Gasteiger partial charge in [-0.2, -0.15) is 0 Å². The van der Waals surface area contributed by atoms with Crippen LogP contribution in [0.4, 0.5) is 4.39 Å². The van der Waals surface area contributed by atoms with E-state index in [0.29, 0.717) is 5.56 Å². The number of H-pyrrole nitrogens is 1. The summed E-state index contributed by atoms with van der Waals surface area (Å²) < 4.78 is 14.7. The van der Waals surface area contributed by atoms with Gasteiger partial charge in [-0.15, -0.1) is 0 Å². The van der Waals surface area contributed by atoms with Gasteiger partial charge >= 0.3 is 11.7 Å². The maximum atomic E-state index is 13.6. The second kappa shape index (κ2) is 5.04. The number of aryl methyl sites for hydroxylation is 1. The Balaban J connectivity index is 2.80. The minimum Gasteiger partial charge on any atom is -0.477 e. The quantitative estimate of drug-likeness (QED) is 0.863. The Hall–Kier alpha value is -2.22. The molecule has 0 atom stereocenters. The number of aromatic amines is 1. The van der Waals surface area contributed by atoms with Crippen molar-refractivity contribution in [3.63, 3.8) is 0 Å². The summed E-state index contributed by atoms with van der Waals surface area (Å²) in [6.07, 6.45) is 0.874. The predicted octanol–water partition coefficient (Wildman–Crippen LogP) is 1.43. The van der Waals surface area contributed by atoms with Crippen molar-refractivity contribution in [1.29, 1.82) is 0 Å². The zero-order valence-electron chi connectivity index (χ0n) is 10.1. The number of rotatable bonds is 2. The summed E-state index contributed by atoms with van der Waals surface area (Å²) in [4.78, 5) is 35.9. The third kappa shape index (κ3) is 2.42. The Bertz CT molecular complexity index is 825. The van der Waals surface area contributed by atoms with Gasteiger partial charge in [-0.3, -0.25) is 14.3 Å². The van der Waals surface area contributed by atoms with E-state index in [0.717, 1.165) is 16.8 Å². The maximum Gasteiger partial charge on any atom is 0.342 e. The Labute approximate surface area is 119 Å². The summed E-state index contributed by atoms with van der Waals surface area (Å²) in [5, 5.41) is 8.88. The fourth-order valence-electron chi connectivity index (χ4n) is 1.70. The van der Waals surface area contributed by atoms with E-state index in [-0.39, 0.29) is 10.2 Å². The highest BCUT2D eigenvalue weighted by molar-refractivity contribution is 9.10. The van der Waals surface area contributed by atoms with Crippen LogP contribution in [-0.2, 0) is 0 Å². The molecule has 8 heteroatoms. The number of aromatic carboxylic acids is 1. The largest absolute Gasteiger partial charge is 0.477 e. The molecule has 0 radical (unpaired) electrons. The maximum absolute atomic E-state index is 13.6. The third-order valence-corrected chi connectivity index (χ3v) is 3.28. The number of nitrogens with one attached hydrogen (secondary N) is 1. The van der Waals surface area contributed by atoms with Crippen molar-refractivity contribution in [3.05, 3.63) is 60.6 Å². The first kappa shape index (κ1) is 14.2. The summed E-state index contributed by atoms with van der Waals surface area (Å²) in [5.41, 5.74) is -1.77. The first-order chi connectivity index (χ1) is 9.31. The van der Waals surface area contributed by atoms with Crippen LogP contribution in [0, 0.1) is 12.7 Å². The predicted molar refractivity (Wildman–Crippen MR) is 72.0 cm³/mol. The summed E-state index contributed by atoms with van der Waals surface area (Å²) in [6.45, 7) is 1.62. The number of aromatic nitrogens is 2. The van der Waals surface area contributed by atoms with E-state index < -0.39 is 28.6 Å². The molecule has 0 fully saturated rings. The van der Waals surface area contributed by atoms with Crippen molar-refractivity contribution in [3.8, 4) is 5.69 Å². The molecule has 0 aliphatic rings. The molecule has 20 heavy (non-hydrogen) atoms. The lowest BCUT2D eigenvalue weighted by Gasteiger charge is -2.10. The van der Waals surface area contributed by atoms with Gasteiger partial charge in [-0.1, -0.05) is 0 Å². The topological polar surface area (TPSA) is 92.2 Å². The second-order valence-electron chi connectivity index (χ2n) is 4.03. The van der Waals surface area contributed by atoms with E-state index in [2.05, 4.69) is 15.9 Å². The fourth-order valence-corrected chi connectivity index (χ4v) is 2.16. The molecule has 1 aromatic carbocycles. The van der Waals surface area contributed by atoms with Gasteiger partial charge in [0.25, 0.3) is 5.56 Å². The number of carbonyl (C=O) groups is 1. The Kier molecular flexibility index (Phi) is 3.58. The van der Waals surface area contributed by atoms with Crippen LogP contribution in [0.2, 0.25) is 0 Å². The van der Waals surface area contributed by atoms with E-state index >= 15 is 0 Å². The third-order valence-electron chi connectivity index (χ3n) is 2.67. The van der Waals surface area contributed by atoms with Crippen LogP contribution >= 0.6 is 15.9 Å². The minimum atomic E-state index is -1.48. The van der Waals surface area contributed by atoms with Crippen LogP contribution < -0.4 is 11.2 Å².